The fourth-order valence-electron chi connectivity index (χ4n) is 4.73. The van der Waals surface area contributed by atoms with Gasteiger partial charge in [-0.15, -0.1) is 0 Å². The van der Waals surface area contributed by atoms with Crippen molar-refractivity contribution in [3.05, 3.63) is 116 Å². The molecule has 3 aromatic heterocycles. The Labute approximate surface area is 201 Å². The lowest BCUT2D eigenvalue weighted by Crippen LogP contribution is -1.96. The number of nitrogens with zero attached hydrogens (tertiary/aromatic N) is 3. The van der Waals surface area contributed by atoms with Crippen LogP contribution in [0.25, 0.3) is 66.6 Å². The summed E-state index contributed by atoms with van der Waals surface area (Å²) in [5.41, 5.74) is 9.44. The molecule has 4 heteroatoms. The van der Waals surface area contributed by atoms with Crippen LogP contribution >= 0.6 is 0 Å². The van der Waals surface area contributed by atoms with Gasteiger partial charge in [-0.1, -0.05) is 84.9 Å². The van der Waals surface area contributed by atoms with Crippen molar-refractivity contribution in [3.63, 3.8) is 0 Å². The van der Waals surface area contributed by atoms with Gasteiger partial charge in [0.2, 0.25) is 0 Å². The van der Waals surface area contributed by atoms with Crippen LogP contribution in [0.15, 0.2) is 120 Å². The fourth-order valence-corrected chi connectivity index (χ4v) is 4.73. The summed E-state index contributed by atoms with van der Waals surface area (Å²) in [6, 6.07) is 35.0. The highest BCUT2D eigenvalue weighted by Gasteiger charge is 2.15. The van der Waals surface area contributed by atoms with E-state index in [2.05, 4.69) is 59.6 Å². The number of hydrogen-bond donors (Lipinski definition) is 0. The predicted octanol–water partition coefficient (Wildman–Crippen LogP) is 7.93. The van der Waals surface area contributed by atoms with Gasteiger partial charge in [0.1, 0.15) is 16.7 Å². The summed E-state index contributed by atoms with van der Waals surface area (Å²) in [5.74, 6) is 0. The average Bonchev–Trinajstić information content (AvgIpc) is 3.32. The first-order valence-electron chi connectivity index (χ1n) is 11.5. The van der Waals surface area contributed by atoms with E-state index >= 15 is 0 Å². The molecule has 0 radical (unpaired) electrons. The minimum absolute atomic E-state index is 0.783. The summed E-state index contributed by atoms with van der Waals surface area (Å²) in [6.45, 7) is 0. The first-order valence-corrected chi connectivity index (χ1v) is 11.5. The van der Waals surface area contributed by atoms with Gasteiger partial charge in [0.25, 0.3) is 0 Å². The summed E-state index contributed by atoms with van der Waals surface area (Å²) in [7, 11) is 0. The van der Waals surface area contributed by atoms with E-state index in [4.69, 9.17) is 14.4 Å². The SMILES string of the molecule is c1ccc(-c2nc3cnccc3nc2-c2ccc(-c3cccc4oc5ccccc5c34)cc2)cc1. The number of furan rings is 1. The van der Waals surface area contributed by atoms with Crippen molar-refractivity contribution in [2.24, 2.45) is 0 Å². The molecule has 0 unspecified atom stereocenters. The molecule has 7 aromatic rings. The minimum Gasteiger partial charge on any atom is -0.456 e. The van der Waals surface area contributed by atoms with Crippen molar-refractivity contribution in [2.45, 2.75) is 0 Å². The minimum atomic E-state index is 0.783. The molecule has 0 atom stereocenters. The Morgan fingerprint density at radius 1 is 0.514 bits per heavy atom. The number of benzene rings is 4. The lowest BCUT2D eigenvalue weighted by Gasteiger charge is -2.11. The second-order valence-electron chi connectivity index (χ2n) is 8.51. The van der Waals surface area contributed by atoms with E-state index in [0.29, 0.717) is 0 Å². The van der Waals surface area contributed by atoms with Crippen molar-refractivity contribution in [1.82, 2.24) is 15.0 Å². The molecule has 0 aliphatic rings. The maximum absolute atomic E-state index is 6.09. The molecule has 0 N–H and O–H groups in total. The normalized spacial score (nSPS) is 11.4. The van der Waals surface area contributed by atoms with Crippen molar-refractivity contribution in [3.8, 4) is 33.6 Å². The smallest absolute Gasteiger partial charge is 0.136 e. The monoisotopic (exact) mass is 449 g/mol. The highest BCUT2D eigenvalue weighted by Crippen LogP contribution is 2.38. The molecule has 4 nitrogen and oxygen atoms in total. The summed E-state index contributed by atoms with van der Waals surface area (Å²) >= 11 is 0. The Balaban J connectivity index is 1.40. The molecule has 0 fully saturated rings. The van der Waals surface area contributed by atoms with Crippen molar-refractivity contribution in [1.29, 1.82) is 0 Å². The molecule has 0 aliphatic carbocycles. The summed E-state index contributed by atoms with van der Waals surface area (Å²) in [5, 5.41) is 2.27. The molecular weight excluding hydrogens is 430 g/mol. The third kappa shape index (κ3) is 3.27. The number of fused-ring (bicyclic) bond motifs is 4. The molecule has 0 saturated carbocycles. The molecule has 4 aromatic carbocycles. The first kappa shape index (κ1) is 19.6. The van der Waals surface area contributed by atoms with Gasteiger partial charge in [0.05, 0.1) is 23.1 Å². The van der Waals surface area contributed by atoms with Crippen molar-refractivity contribution in [2.75, 3.05) is 0 Å². The van der Waals surface area contributed by atoms with E-state index in [9.17, 15) is 0 Å². The largest absolute Gasteiger partial charge is 0.456 e. The molecule has 164 valence electrons. The van der Waals surface area contributed by atoms with E-state index in [1.165, 1.54) is 0 Å². The molecule has 35 heavy (non-hydrogen) atoms. The molecule has 0 spiro atoms. The van der Waals surface area contributed by atoms with E-state index in [1.54, 1.807) is 12.4 Å². The van der Waals surface area contributed by atoms with Gasteiger partial charge in [0, 0.05) is 28.1 Å². The van der Waals surface area contributed by atoms with Crippen LogP contribution in [0.4, 0.5) is 0 Å². The van der Waals surface area contributed by atoms with Crippen LogP contribution in [0.1, 0.15) is 0 Å². The van der Waals surface area contributed by atoms with E-state index in [1.807, 2.05) is 48.5 Å². The lowest BCUT2D eigenvalue weighted by atomic mass is 9.97. The van der Waals surface area contributed by atoms with Crippen molar-refractivity contribution >= 4 is 33.0 Å². The van der Waals surface area contributed by atoms with Gasteiger partial charge in [-0.05, 0) is 29.3 Å². The lowest BCUT2D eigenvalue weighted by molar-refractivity contribution is 0.669. The van der Waals surface area contributed by atoms with Crippen LogP contribution in [0.2, 0.25) is 0 Å². The number of rotatable bonds is 3. The highest BCUT2D eigenvalue weighted by atomic mass is 16.3. The molecule has 0 aliphatic heterocycles. The number of para-hydroxylation sites is 1. The second kappa shape index (κ2) is 7.89. The van der Waals surface area contributed by atoms with Gasteiger partial charge in [-0.25, -0.2) is 9.97 Å². The first-order chi connectivity index (χ1) is 17.3. The van der Waals surface area contributed by atoms with Gasteiger partial charge < -0.3 is 4.42 Å². The summed E-state index contributed by atoms with van der Waals surface area (Å²) in [6.07, 6.45) is 3.51. The van der Waals surface area contributed by atoms with Crippen LogP contribution < -0.4 is 0 Å². The molecule has 0 saturated heterocycles. The second-order valence-corrected chi connectivity index (χ2v) is 8.51. The van der Waals surface area contributed by atoms with Crippen LogP contribution in [0.5, 0.6) is 0 Å². The predicted molar refractivity (Wildman–Crippen MR) is 141 cm³/mol. The molecular formula is C31H19N3O. The van der Waals surface area contributed by atoms with Crippen LogP contribution in [0, 0.1) is 0 Å². The standard InChI is InChI=1S/C31H19N3O/c1-2-7-21(8-3-1)30-31(33-25-17-18-32-19-26(25)34-30)22-15-13-20(14-16-22)23-10-6-12-28-29(23)24-9-4-5-11-27(24)35-28/h1-19H. The van der Waals surface area contributed by atoms with Crippen LogP contribution in [0.3, 0.4) is 0 Å². The maximum atomic E-state index is 6.09. The zero-order valence-corrected chi connectivity index (χ0v) is 18.7. The zero-order chi connectivity index (χ0) is 23.2. The Morgan fingerprint density at radius 3 is 2.06 bits per heavy atom. The van der Waals surface area contributed by atoms with Gasteiger partial charge >= 0.3 is 0 Å². The quantitative estimate of drug-likeness (QED) is 0.275. The Bertz CT molecular complexity index is 1840. The Morgan fingerprint density at radius 2 is 1.20 bits per heavy atom. The molecule has 0 amide bonds. The van der Waals surface area contributed by atoms with E-state index in [-0.39, 0.29) is 0 Å². The average molecular weight is 450 g/mol. The molecule has 3 heterocycles. The topological polar surface area (TPSA) is 51.8 Å². The Hall–Kier alpha value is -4.83. The van der Waals surface area contributed by atoms with Crippen LogP contribution in [-0.2, 0) is 0 Å². The van der Waals surface area contributed by atoms with Gasteiger partial charge in [-0.2, -0.15) is 0 Å². The molecule has 0 bridgehead atoms. The molecule has 7 rings (SSSR count). The van der Waals surface area contributed by atoms with Gasteiger partial charge in [0.15, 0.2) is 0 Å². The fraction of sp³-hybridized carbons (Fsp3) is 0. The number of pyridine rings is 1. The van der Waals surface area contributed by atoms with Crippen LogP contribution in [-0.4, -0.2) is 15.0 Å². The zero-order valence-electron chi connectivity index (χ0n) is 18.7. The number of hydrogen-bond acceptors (Lipinski definition) is 4. The third-order valence-corrected chi connectivity index (χ3v) is 6.39. The van der Waals surface area contributed by atoms with E-state index in [0.717, 1.165) is 66.6 Å². The van der Waals surface area contributed by atoms with E-state index < -0.39 is 0 Å². The third-order valence-electron chi connectivity index (χ3n) is 6.39. The summed E-state index contributed by atoms with van der Waals surface area (Å²) in [4.78, 5) is 14.1. The maximum Gasteiger partial charge on any atom is 0.136 e. The number of aromatic nitrogens is 3. The Kier molecular flexibility index (Phi) is 4.42. The highest BCUT2D eigenvalue weighted by molar-refractivity contribution is 6.12. The summed E-state index contributed by atoms with van der Waals surface area (Å²) < 4.78 is 6.09. The van der Waals surface area contributed by atoms with Gasteiger partial charge in [-0.3, -0.25) is 4.98 Å². The van der Waals surface area contributed by atoms with Crippen molar-refractivity contribution < 1.29 is 4.42 Å².